The molecule has 0 unspecified atom stereocenters. The highest BCUT2D eigenvalue weighted by atomic mass is 14.7. The van der Waals surface area contributed by atoms with Gasteiger partial charge >= 0.3 is 0 Å². The first kappa shape index (κ1) is 64.3. The molecule has 0 bridgehead atoms. The zero-order valence-electron chi connectivity index (χ0n) is 52.0. The van der Waals surface area contributed by atoms with Crippen molar-refractivity contribution in [3.8, 4) is 85.4 Å². The topological polar surface area (TPSA) is 97.1 Å². The first-order chi connectivity index (χ1) is 42.2. The van der Waals surface area contributed by atoms with Crippen LogP contribution in [0.2, 0.25) is 0 Å². The van der Waals surface area contributed by atoms with Gasteiger partial charge in [-0.25, -0.2) is 4.98 Å². The van der Waals surface area contributed by atoms with Crippen LogP contribution < -0.4 is 0 Å². The maximum Gasteiger partial charge on any atom is 0.100 e. The largest absolute Gasteiger partial charge is 0.253 e. The average molecular weight is 1130 g/mol. The third kappa shape index (κ3) is 18.4. The monoisotopic (exact) mass is 1130 g/mol. The van der Waals surface area contributed by atoms with E-state index in [1.54, 1.807) is 0 Å². The van der Waals surface area contributed by atoms with E-state index in [0.29, 0.717) is 29.6 Å². The first-order valence-electron chi connectivity index (χ1n) is 30.1. The van der Waals surface area contributed by atoms with Crippen LogP contribution in [0.1, 0.15) is 143 Å². The van der Waals surface area contributed by atoms with Gasteiger partial charge in [0.05, 0.1) is 39.8 Å². The average Bonchev–Trinajstić information content (AvgIpc) is 3.56. The Balaban J connectivity index is 0.000000158. The molecule has 5 nitrogen and oxygen atoms in total. The van der Waals surface area contributed by atoms with Crippen molar-refractivity contribution in [1.29, 1.82) is 15.8 Å². The van der Waals surface area contributed by atoms with Crippen molar-refractivity contribution in [2.24, 2.45) is 0 Å². The van der Waals surface area contributed by atoms with Crippen LogP contribution in [-0.2, 0) is 0 Å². The molecule has 0 aliphatic heterocycles. The van der Waals surface area contributed by atoms with Crippen molar-refractivity contribution >= 4 is 0 Å². The van der Waals surface area contributed by atoms with Gasteiger partial charge in [0.15, 0.2) is 0 Å². The number of nitrogens with zero attached hydrogens (tertiary/aromatic N) is 5. The molecule has 432 valence electrons. The van der Waals surface area contributed by atoms with E-state index in [-0.39, 0.29) is 0 Å². The number of aromatic nitrogens is 2. The Morgan fingerprint density at radius 2 is 0.632 bits per heavy atom. The zero-order valence-corrected chi connectivity index (χ0v) is 52.0. The molecule has 0 N–H and O–H groups in total. The van der Waals surface area contributed by atoms with Crippen LogP contribution in [0.15, 0.2) is 267 Å². The molecule has 0 saturated carbocycles. The molecule has 0 amide bonds. The SMILES string of the molecule is CC(C)c1cc(-c2ccccc2)c(C#N)c(-c2ccccc2)c1.CC(C)c1cc(-c2ccccc2)nc(-c2ccccc2)c1.CC(C)c1ccc(C#N)cc1.CC(C)c1cccc(-c2ccccc2)c1C#N.CC(C)c1cccc(-c2ccccc2)n1. The smallest absolute Gasteiger partial charge is 0.100 e. The van der Waals surface area contributed by atoms with Gasteiger partial charge in [-0.1, -0.05) is 288 Å². The number of hydrogen-bond acceptors (Lipinski definition) is 5. The van der Waals surface area contributed by atoms with Gasteiger partial charge in [0, 0.05) is 33.5 Å². The Bertz CT molecular complexity index is 3880. The van der Waals surface area contributed by atoms with Crippen LogP contribution in [0.25, 0.3) is 67.2 Å². The lowest BCUT2D eigenvalue weighted by atomic mass is 9.87. The molecule has 0 fully saturated rings. The Kier molecular flexibility index (Phi) is 24.2. The van der Waals surface area contributed by atoms with E-state index in [1.807, 2.05) is 140 Å². The van der Waals surface area contributed by atoms with Crippen molar-refractivity contribution < 1.29 is 0 Å². The lowest BCUT2D eigenvalue weighted by Gasteiger charge is -2.15. The lowest BCUT2D eigenvalue weighted by molar-refractivity contribution is 0.824. The van der Waals surface area contributed by atoms with Gasteiger partial charge in [-0.2, -0.15) is 15.8 Å². The van der Waals surface area contributed by atoms with E-state index < -0.39 is 0 Å². The maximum absolute atomic E-state index is 9.80. The molecule has 2 aromatic heterocycles. The third-order valence-corrected chi connectivity index (χ3v) is 14.8. The molecule has 0 radical (unpaired) electrons. The van der Waals surface area contributed by atoms with Crippen LogP contribution in [-0.4, -0.2) is 9.97 Å². The molecule has 11 rings (SSSR count). The van der Waals surface area contributed by atoms with Crippen LogP contribution in [0.4, 0.5) is 0 Å². The number of nitriles is 3. The minimum atomic E-state index is 0.369. The molecular formula is C82H79N5. The number of rotatable bonds is 11. The summed E-state index contributed by atoms with van der Waals surface area (Å²) in [4.78, 5) is 9.50. The minimum Gasteiger partial charge on any atom is -0.253 e. The molecule has 0 saturated heterocycles. The summed E-state index contributed by atoms with van der Waals surface area (Å²) in [5, 5.41) is 27.7. The minimum absolute atomic E-state index is 0.369. The van der Waals surface area contributed by atoms with Crippen molar-refractivity contribution in [3.05, 3.63) is 312 Å². The summed E-state index contributed by atoms with van der Waals surface area (Å²) in [6.07, 6.45) is 0. The fraction of sp³-hybridized carbons (Fsp3) is 0.183. The Morgan fingerprint density at radius 3 is 1.00 bits per heavy atom. The highest BCUT2D eigenvalue weighted by molar-refractivity contribution is 5.83. The number of pyridine rings is 2. The summed E-state index contributed by atoms with van der Waals surface area (Å²) >= 11 is 0. The Morgan fingerprint density at radius 1 is 0.264 bits per heavy atom. The molecule has 0 aliphatic carbocycles. The molecule has 0 atom stereocenters. The standard InChI is InChI=1S/C22H19N.C20H19N.C16H15N.C14H15N.C10H11N/c1-16(2)19-13-20(17-9-5-3-6-10-17)22(15-23)21(14-19)18-11-7-4-8-12-18;1-15(2)18-13-19(16-9-5-3-6-10-16)21-20(14-18)17-11-7-4-8-12-17;1-12(2)14-9-6-10-15(16(14)11-17)13-7-4-3-5-8-13;1-11(2)13-9-6-10-14(15-13)12-7-4-3-5-8-12;1-8(2)10-5-3-9(7-11)4-6-10/h3-14,16H,1-2H3;3-15H,1-2H3;3-10,12H,1-2H3;3-11H,1-2H3;3-6,8H,1-2H3. The molecule has 5 heteroatoms. The van der Waals surface area contributed by atoms with E-state index in [0.717, 1.165) is 89.5 Å². The predicted octanol–water partition coefficient (Wildman–Crippen LogP) is 22.5. The van der Waals surface area contributed by atoms with E-state index >= 15 is 0 Å². The zero-order chi connectivity index (χ0) is 62.1. The van der Waals surface area contributed by atoms with Crippen LogP contribution in [0, 0.1) is 34.0 Å². The van der Waals surface area contributed by atoms with Crippen LogP contribution >= 0.6 is 0 Å². The number of benzene rings is 9. The highest BCUT2D eigenvalue weighted by Gasteiger charge is 2.16. The second-order valence-corrected chi connectivity index (χ2v) is 22.8. The third-order valence-electron chi connectivity index (χ3n) is 14.8. The van der Waals surface area contributed by atoms with E-state index in [4.69, 9.17) is 10.2 Å². The quantitative estimate of drug-likeness (QED) is 0.129. The fourth-order valence-corrected chi connectivity index (χ4v) is 9.73. The molecular weight excluding hydrogens is 1050 g/mol. The second kappa shape index (κ2) is 32.7. The molecule has 87 heavy (non-hydrogen) atoms. The highest BCUT2D eigenvalue weighted by Crippen LogP contribution is 2.36. The van der Waals surface area contributed by atoms with E-state index in [2.05, 4.69) is 220 Å². The van der Waals surface area contributed by atoms with Crippen molar-refractivity contribution in [3.63, 3.8) is 0 Å². The Labute approximate surface area is 518 Å². The molecule has 2 heterocycles. The summed E-state index contributed by atoms with van der Waals surface area (Å²) in [5.74, 6) is 2.29. The van der Waals surface area contributed by atoms with Gasteiger partial charge in [-0.15, -0.1) is 0 Å². The van der Waals surface area contributed by atoms with E-state index in [1.165, 1.54) is 22.3 Å². The van der Waals surface area contributed by atoms with Crippen LogP contribution in [0.5, 0.6) is 0 Å². The van der Waals surface area contributed by atoms with Crippen molar-refractivity contribution in [2.75, 3.05) is 0 Å². The summed E-state index contributed by atoms with van der Waals surface area (Å²) in [5.41, 5.74) is 21.4. The van der Waals surface area contributed by atoms with Gasteiger partial charge in [0.25, 0.3) is 0 Å². The van der Waals surface area contributed by atoms with Gasteiger partial charge in [-0.05, 0) is 123 Å². The molecule has 0 spiro atoms. The van der Waals surface area contributed by atoms with Gasteiger partial charge in [-0.3, -0.25) is 4.98 Å². The summed E-state index contributed by atoms with van der Waals surface area (Å²) in [6.45, 7) is 21.7. The second-order valence-electron chi connectivity index (χ2n) is 22.8. The maximum atomic E-state index is 9.80. The van der Waals surface area contributed by atoms with Gasteiger partial charge < -0.3 is 0 Å². The fourth-order valence-electron chi connectivity index (χ4n) is 9.73. The van der Waals surface area contributed by atoms with Gasteiger partial charge in [0.1, 0.15) is 12.1 Å². The summed E-state index contributed by atoms with van der Waals surface area (Å²) in [7, 11) is 0. The summed E-state index contributed by atoms with van der Waals surface area (Å²) < 4.78 is 0. The van der Waals surface area contributed by atoms with Crippen LogP contribution in [0.3, 0.4) is 0 Å². The first-order valence-corrected chi connectivity index (χ1v) is 30.1. The Hall–Kier alpha value is -10.3. The summed E-state index contributed by atoms with van der Waals surface area (Å²) in [6, 6.07) is 97.0. The predicted molar refractivity (Wildman–Crippen MR) is 365 cm³/mol. The molecule has 11 aromatic rings. The number of hydrogen-bond donors (Lipinski definition) is 0. The van der Waals surface area contributed by atoms with Crippen molar-refractivity contribution in [1.82, 2.24) is 9.97 Å². The normalized spacial score (nSPS) is 10.4. The van der Waals surface area contributed by atoms with Gasteiger partial charge in [0.2, 0.25) is 0 Å². The molecule has 0 aliphatic rings. The lowest BCUT2D eigenvalue weighted by Crippen LogP contribution is -1.96. The van der Waals surface area contributed by atoms with Crippen molar-refractivity contribution in [2.45, 2.75) is 98.8 Å². The molecule has 9 aromatic carbocycles. The van der Waals surface area contributed by atoms with E-state index in [9.17, 15) is 10.5 Å².